The fourth-order valence-electron chi connectivity index (χ4n) is 0.926. The van der Waals surface area contributed by atoms with Crippen LogP contribution in [0.25, 0.3) is 0 Å². The smallest absolute Gasteiger partial charge is 0.267 e. The molecule has 0 fully saturated rings. The van der Waals surface area contributed by atoms with E-state index in [1.807, 2.05) is 0 Å². The van der Waals surface area contributed by atoms with Gasteiger partial charge < -0.3 is 0 Å². The van der Waals surface area contributed by atoms with Gasteiger partial charge in [-0.1, -0.05) is 5.92 Å². The molecule has 0 spiro atoms. The molecule has 0 saturated carbocycles. The van der Waals surface area contributed by atoms with Crippen molar-refractivity contribution in [2.24, 2.45) is 0 Å². The predicted octanol–water partition coefficient (Wildman–Crippen LogP) is 0.685. The quantitative estimate of drug-likeness (QED) is 0.433. The lowest BCUT2D eigenvalue weighted by molar-refractivity contribution is 0.0437. The van der Waals surface area contributed by atoms with Crippen LogP contribution >= 0.6 is 0 Å². The third kappa shape index (κ3) is 2.57. The molecule has 0 aliphatic heterocycles. The third-order valence-electron chi connectivity index (χ3n) is 1.59. The summed E-state index contributed by atoms with van der Waals surface area (Å²) in [4.78, 5) is 20.0. The zero-order valence-electron chi connectivity index (χ0n) is 7.78. The van der Waals surface area contributed by atoms with Crippen molar-refractivity contribution >= 4 is 5.91 Å². The molecule has 1 aromatic rings. The zero-order chi connectivity index (χ0) is 10.4. The van der Waals surface area contributed by atoms with Crippen LogP contribution in [0.5, 0.6) is 0 Å². The molecule has 1 heterocycles. The Balaban J connectivity index is 2.62. The second-order valence-corrected chi connectivity index (χ2v) is 2.61. The molecule has 0 bridgehead atoms. The van der Waals surface area contributed by atoms with E-state index in [4.69, 9.17) is 11.3 Å². The van der Waals surface area contributed by atoms with Crippen molar-refractivity contribution < 1.29 is 9.63 Å². The Morgan fingerprint density at radius 1 is 1.79 bits per heavy atom. The minimum Gasteiger partial charge on any atom is -0.267 e. The van der Waals surface area contributed by atoms with Gasteiger partial charge in [0.25, 0.3) is 5.91 Å². The molecule has 1 amide bonds. The van der Waals surface area contributed by atoms with Crippen LogP contribution in [-0.2, 0) is 4.84 Å². The maximum absolute atomic E-state index is 11.4. The average Bonchev–Trinajstić information content (AvgIpc) is 2.18. The summed E-state index contributed by atoms with van der Waals surface area (Å²) < 4.78 is 0. The van der Waals surface area contributed by atoms with Crippen LogP contribution in [0.15, 0.2) is 18.5 Å². The molecule has 0 unspecified atom stereocenters. The van der Waals surface area contributed by atoms with Gasteiger partial charge in [0, 0.05) is 18.0 Å². The molecule has 1 N–H and O–H groups in total. The Bertz CT molecular complexity index is 369. The van der Waals surface area contributed by atoms with E-state index in [0.717, 1.165) is 5.56 Å². The number of nitrogens with zero attached hydrogens (tertiary/aromatic N) is 1. The Labute approximate surface area is 82.3 Å². The lowest BCUT2D eigenvalue weighted by Crippen LogP contribution is -2.24. The standard InChI is InChI=1S/C10H10N2O2/c1-3-6-14-12-10(13)9-4-5-11-7-8(9)2/h1,4-5,7H,6H2,2H3,(H,12,13). The number of hydrogen-bond donors (Lipinski definition) is 1. The topological polar surface area (TPSA) is 51.2 Å². The van der Waals surface area contributed by atoms with Crippen molar-refractivity contribution in [3.05, 3.63) is 29.6 Å². The zero-order valence-corrected chi connectivity index (χ0v) is 7.78. The van der Waals surface area contributed by atoms with E-state index in [9.17, 15) is 4.79 Å². The van der Waals surface area contributed by atoms with Gasteiger partial charge in [-0.2, -0.15) is 0 Å². The summed E-state index contributed by atoms with van der Waals surface area (Å²) in [5.41, 5.74) is 3.54. The van der Waals surface area contributed by atoms with Crippen LogP contribution in [-0.4, -0.2) is 17.5 Å². The summed E-state index contributed by atoms with van der Waals surface area (Å²) in [6, 6.07) is 1.61. The molecule has 72 valence electrons. The summed E-state index contributed by atoms with van der Waals surface area (Å²) in [5.74, 6) is 1.92. The number of hydroxylamine groups is 1. The third-order valence-corrected chi connectivity index (χ3v) is 1.59. The highest BCUT2D eigenvalue weighted by Gasteiger charge is 2.07. The SMILES string of the molecule is C#CCONC(=O)c1ccncc1C. The summed E-state index contributed by atoms with van der Waals surface area (Å²) in [6.45, 7) is 1.85. The minimum absolute atomic E-state index is 0.0515. The average molecular weight is 190 g/mol. The molecule has 0 atom stereocenters. The molecule has 4 heteroatoms. The van der Waals surface area contributed by atoms with Crippen molar-refractivity contribution in [3.63, 3.8) is 0 Å². The van der Waals surface area contributed by atoms with Gasteiger partial charge in [0.1, 0.15) is 6.61 Å². The van der Waals surface area contributed by atoms with Crippen molar-refractivity contribution in [3.8, 4) is 12.3 Å². The lowest BCUT2D eigenvalue weighted by Gasteiger charge is -2.04. The predicted molar refractivity (Wildman–Crippen MR) is 51.2 cm³/mol. The number of terminal acetylenes is 1. The van der Waals surface area contributed by atoms with E-state index in [1.165, 1.54) is 0 Å². The number of hydrogen-bond acceptors (Lipinski definition) is 3. The van der Waals surface area contributed by atoms with Crippen molar-refractivity contribution in [1.82, 2.24) is 10.5 Å². The number of carbonyl (C=O) groups excluding carboxylic acids is 1. The van der Waals surface area contributed by atoms with Gasteiger partial charge in [-0.25, -0.2) is 5.48 Å². The van der Waals surface area contributed by atoms with E-state index in [0.29, 0.717) is 5.56 Å². The number of nitrogens with one attached hydrogen (secondary N) is 1. The van der Waals surface area contributed by atoms with Gasteiger partial charge in [-0.05, 0) is 18.6 Å². The largest absolute Gasteiger partial charge is 0.275 e. The van der Waals surface area contributed by atoms with Crippen LogP contribution in [0.3, 0.4) is 0 Å². The fraction of sp³-hybridized carbons (Fsp3) is 0.200. The van der Waals surface area contributed by atoms with Crippen LogP contribution in [0.2, 0.25) is 0 Å². The number of aromatic nitrogens is 1. The normalized spacial score (nSPS) is 9.14. The molecule has 0 saturated heterocycles. The summed E-state index contributed by atoms with van der Waals surface area (Å²) in [7, 11) is 0. The molecule has 1 rings (SSSR count). The van der Waals surface area contributed by atoms with Crippen LogP contribution in [0.1, 0.15) is 15.9 Å². The van der Waals surface area contributed by atoms with Crippen LogP contribution < -0.4 is 5.48 Å². The van der Waals surface area contributed by atoms with Gasteiger partial charge in [0.15, 0.2) is 0 Å². The molecule has 0 aliphatic rings. The van der Waals surface area contributed by atoms with E-state index >= 15 is 0 Å². The second-order valence-electron chi connectivity index (χ2n) is 2.61. The Morgan fingerprint density at radius 2 is 2.57 bits per heavy atom. The number of pyridine rings is 1. The van der Waals surface area contributed by atoms with Crippen molar-refractivity contribution in [2.45, 2.75) is 6.92 Å². The second kappa shape index (κ2) is 5.00. The minimum atomic E-state index is -0.319. The summed E-state index contributed by atoms with van der Waals surface area (Å²) in [5, 5.41) is 0. The number of rotatable bonds is 3. The monoisotopic (exact) mass is 190 g/mol. The molecule has 0 aliphatic carbocycles. The molecular weight excluding hydrogens is 180 g/mol. The van der Waals surface area contributed by atoms with Gasteiger partial charge >= 0.3 is 0 Å². The Morgan fingerprint density at radius 3 is 3.21 bits per heavy atom. The van der Waals surface area contributed by atoms with E-state index in [1.54, 1.807) is 25.4 Å². The van der Waals surface area contributed by atoms with Crippen molar-refractivity contribution in [1.29, 1.82) is 0 Å². The maximum Gasteiger partial charge on any atom is 0.275 e. The molecule has 14 heavy (non-hydrogen) atoms. The number of aryl methyl sites for hydroxylation is 1. The number of amides is 1. The van der Waals surface area contributed by atoms with Gasteiger partial charge in [-0.3, -0.25) is 14.6 Å². The highest BCUT2D eigenvalue weighted by molar-refractivity contribution is 5.94. The van der Waals surface area contributed by atoms with E-state index in [-0.39, 0.29) is 12.5 Å². The molecule has 0 radical (unpaired) electrons. The Hall–Kier alpha value is -1.86. The number of carbonyl (C=O) groups is 1. The first-order chi connectivity index (χ1) is 6.75. The van der Waals surface area contributed by atoms with Gasteiger partial charge in [-0.15, -0.1) is 6.42 Å². The Kier molecular flexibility index (Phi) is 3.65. The van der Waals surface area contributed by atoms with Crippen LogP contribution in [0, 0.1) is 19.3 Å². The van der Waals surface area contributed by atoms with Gasteiger partial charge in [0.2, 0.25) is 0 Å². The van der Waals surface area contributed by atoms with E-state index in [2.05, 4.69) is 16.4 Å². The highest BCUT2D eigenvalue weighted by Crippen LogP contribution is 2.03. The maximum atomic E-state index is 11.4. The molecule has 0 aromatic carbocycles. The first-order valence-corrected chi connectivity index (χ1v) is 4.02. The van der Waals surface area contributed by atoms with E-state index < -0.39 is 0 Å². The summed E-state index contributed by atoms with van der Waals surface area (Å²) in [6.07, 6.45) is 8.10. The molecule has 1 aromatic heterocycles. The molecule has 4 nitrogen and oxygen atoms in total. The fourth-order valence-corrected chi connectivity index (χ4v) is 0.926. The van der Waals surface area contributed by atoms with Crippen molar-refractivity contribution in [2.75, 3.05) is 6.61 Å². The van der Waals surface area contributed by atoms with Crippen LogP contribution in [0.4, 0.5) is 0 Å². The first-order valence-electron chi connectivity index (χ1n) is 4.02. The van der Waals surface area contributed by atoms with Gasteiger partial charge in [0.05, 0.1) is 0 Å². The summed E-state index contributed by atoms with van der Waals surface area (Å²) >= 11 is 0. The molecular formula is C10H10N2O2. The highest BCUT2D eigenvalue weighted by atomic mass is 16.6. The first kappa shape index (κ1) is 10.2. The lowest BCUT2D eigenvalue weighted by atomic mass is 10.1.